The highest BCUT2D eigenvalue weighted by atomic mass is 79.9. The second-order valence-corrected chi connectivity index (χ2v) is 10.0. The average molecular weight is 554 g/mol. The minimum absolute atomic E-state index is 0.0350. The van der Waals surface area contributed by atoms with Gasteiger partial charge >= 0.3 is 0 Å². The van der Waals surface area contributed by atoms with Crippen molar-refractivity contribution in [2.24, 2.45) is 0 Å². The lowest BCUT2D eigenvalue weighted by Crippen LogP contribution is -2.48. The van der Waals surface area contributed by atoms with Gasteiger partial charge in [0.15, 0.2) is 5.11 Å². The first-order valence-electron chi connectivity index (χ1n) is 10.1. The summed E-state index contributed by atoms with van der Waals surface area (Å²) >= 11 is 14.6. The fraction of sp³-hybridized carbons (Fsp3) is 0.304. The van der Waals surface area contributed by atoms with Gasteiger partial charge in [0.2, 0.25) is 11.8 Å². The van der Waals surface area contributed by atoms with E-state index in [0.717, 1.165) is 15.6 Å². The van der Waals surface area contributed by atoms with Gasteiger partial charge in [-0.2, -0.15) is 0 Å². The summed E-state index contributed by atoms with van der Waals surface area (Å²) in [6, 6.07) is 10.5. The van der Waals surface area contributed by atoms with E-state index in [0.29, 0.717) is 16.3 Å². The fourth-order valence-corrected chi connectivity index (χ4v) is 4.13. The number of nitrogens with one attached hydrogen (secondary N) is 4. The monoisotopic (exact) mass is 552 g/mol. The van der Waals surface area contributed by atoms with Crippen LogP contribution in [0.5, 0.6) is 0 Å². The number of thiocarbonyl (C=S) groups is 1. The molecule has 2 aromatic rings. The van der Waals surface area contributed by atoms with Crippen LogP contribution in [0, 0.1) is 6.92 Å². The van der Waals surface area contributed by atoms with E-state index < -0.39 is 11.8 Å². The Morgan fingerprint density at radius 2 is 1.70 bits per heavy atom. The Labute approximate surface area is 212 Å². The Morgan fingerprint density at radius 3 is 2.33 bits per heavy atom. The second kappa shape index (κ2) is 11.6. The van der Waals surface area contributed by atoms with Crippen molar-refractivity contribution in [3.05, 3.63) is 62.6 Å². The molecule has 0 saturated heterocycles. The van der Waals surface area contributed by atoms with Crippen LogP contribution >= 0.6 is 39.7 Å². The zero-order valence-corrected chi connectivity index (χ0v) is 21.9. The van der Waals surface area contributed by atoms with Gasteiger partial charge in [-0.05, 0) is 59.9 Å². The largest absolute Gasteiger partial charge is 0.326 e. The molecule has 3 amide bonds. The number of rotatable bonds is 5. The molecule has 176 valence electrons. The van der Waals surface area contributed by atoms with Gasteiger partial charge < -0.3 is 5.32 Å². The van der Waals surface area contributed by atoms with Gasteiger partial charge in [-0.3, -0.25) is 30.6 Å². The molecule has 2 rings (SSSR count). The molecule has 0 heterocycles. The van der Waals surface area contributed by atoms with Crippen LogP contribution in [-0.4, -0.2) is 22.8 Å². The van der Waals surface area contributed by atoms with Crippen LogP contribution < -0.4 is 21.5 Å². The van der Waals surface area contributed by atoms with E-state index in [1.54, 1.807) is 37.3 Å². The molecule has 10 heteroatoms. The molecular weight excluding hydrogens is 528 g/mol. The van der Waals surface area contributed by atoms with Crippen LogP contribution in [-0.2, 0) is 15.0 Å². The number of hydrogen-bond acceptors (Lipinski definition) is 4. The number of hydrazine groups is 1. The molecule has 7 nitrogen and oxygen atoms in total. The zero-order valence-electron chi connectivity index (χ0n) is 18.8. The quantitative estimate of drug-likeness (QED) is 0.316. The second-order valence-electron chi connectivity index (χ2n) is 8.36. The zero-order chi connectivity index (χ0) is 24.8. The van der Waals surface area contributed by atoms with E-state index in [9.17, 15) is 14.4 Å². The third-order valence-corrected chi connectivity index (χ3v) is 5.97. The highest BCUT2D eigenvalue weighted by molar-refractivity contribution is 9.10. The average Bonchev–Trinajstić information content (AvgIpc) is 2.73. The van der Waals surface area contributed by atoms with Crippen molar-refractivity contribution in [1.29, 1.82) is 0 Å². The molecular formula is C23H26BrClN4O3S. The maximum atomic E-state index is 12.4. The first-order chi connectivity index (χ1) is 15.4. The van der Waals surface area contributed by atoms with Gasteiger partial charge in [0.25, 0.3) is 5.91 Å². The lowest BCUT2D eigenvalue weighted by Gasteiger charge is -2.21. The van der Waals surface area contributed by atoms with Crippen LogP contribution in [0.1, 0.15) is 55.1 Å². The molecule has 0 radical (unpaired) electrons. The van der Waals surface area contributed by atoms with Gasteiger partial charge in [-0.15, -0.1) is 0 Å². The summed E-state index contributed by atoms with van der Waals surface area (Å²) in [5, 5.41) is 5.70. The van der Waals surface area contributed by atoms with Crippen LogP contribution in [0.25, 0.3) is 0 Å². The Hall–Kier alpha value is -2.49. The van der Waals surface area contributed by atoms with E-state index in [-0.39, 0.29) is 29.3 Å². The van der Waals surface area contributed by atoms with Crippen molar-refractivity contribution in [3.63, 3.8) is 0 Å². The molecule has 0 aromatic heterocycles. The first-order valence-corrected chi connectivity index (χ1v) is 11.7. The van der Waals surface area contributed by atoms with E-state index in [1.165, 1.54) is 0 Å². The maximum Gasteiger partial charge on any atom is 0.257 e. The van der Waals surface area contributed by atoms with Gasteiger partial charge in [0.05, 0.1) is 0 Å². The van der Waals surface area contributed by atoms with Crippen molar-refractivity contribution in [3.8, 4) is 0 Å². The molecule has 2 aromatic carbocycles. The summed E-state index contributed by atoms with van der Waals surface area (Å²) in [5.74, 6) is -1.20. The Morgan fingerprint density at radius 1 is 1.03 bits per heavy atom. The molecule has 33 heavy (non-hydrogen) atoms. The molecule has 0 unspecified atom stereocenters. The number of hydrogen-bond donors (Lipinski definition) is 4. The molecule has 0 saturated carbocycles. The van der Waals surface area contributed by atoms with Crippen molar-refractivity contribution in [2.45, 2.75) is 46.0 Å². The van der Waals surface area contributed by atoms with E-state index >= 15 is 0 Å². The number of halogens is 2. The van der Waals surface area contributed by atoms with Crippen LogP contribution in [0.15, 0.2) is 40.9 Å². The first kappa shape index (κ1) is 26.8. The Balaban J connectivity index is 1.78. The third-order valence-electron chi connectivity index (χ3n) is 4.70. The standard InChI is InChI=1S/C23H26BrClN4O3S/c1-13-17(25)6-5-7-18(13)26-19(30)10-11-20(31)28-29-22(33)27-21(32)14-8-9-15(16(24)12-14)23(2,3)4/h5-9,12H,10-11H2,1-4H3,(H,26,30)(H,28,31)(H2,27,29,32,33). The Bertz CT molecular complexity index is 1090. The normalized spacial score (nSPS) is 10.8. The molecule has 0 atom stereocenters. The van der Waals surface area contributed by atoms with Crippen LogP contribution in [0.4, 0.5) is 5.69 Å². The van der Waals surface area contributed by atoms with Gasteiger partial charge in [0, 0.05) is 33.6 Å². The highest BCUT2D eigenvalue weighted by Gasteiger charge is 2.19. The molecule has 0 aliphatic heterocycles. The van der Waals surface area contributed by atoms with Crippen molar-refractivity contribution < 1.29 is 14.4 Å². The molecule has 0 aliphatic carbocycles. The highest BCUT2D eigenvalue weighted by Crippen LogP contribution is 2.30. The SMILES string of the molecule is Cc1c(Cl)cccc1NC(=O)CCC(=O)NNC(=S)NC(=O)c1ccc(C(C)(C)C)c(Br)c1. The van der Waals surface area contributed by atoms with E-state index in [1.807, 2.05) is 6.07 Å². The predicted molar refractivity (Wildman–Crippen MR) is 138 cm³/mol. The third kappa shape index (κ3) is 8.10. The number of benzene rings is 2. The van der Waals surface area contributed by atoms with Gasteiger partial charge in [0.1, 0.15) is 0 Å². The van der Waals surface area contributed by atoms with Gasteiger partial charge in [-0.25, -0.2) is 0 Å². The molecule has 0 spiro atoms. The lowest BCUT2D eigenvalue weighted by molar-refractivity contribution is -0.124. The topological polar surface area (TPSA) is 99.3 Å². The summed E-state index contributed by atoms with van der Waals surface area (Å²) < 4.78 is 0.820. The van der Waals surface area contributed by atoms with E-state index in [4.69, 9.17) is 23.8 Å². The smallest absolute Gasteiger partial charge is 0.257 e. The maximum absolute atomic E-state index is 12.4. The number of amides is 3. The number of carbonyl (C=O) groups excluding carboxylic acids is 3. The van der Waals surface area contributed by atoms with Crippen LogP contribution in [0.2, 0.25) is 5.02 Å². The number of carbonyl (C=O) groups is 3. The summed E-state index contributed by atoms with van der Waals surface area (Å²) in [7, 11) is 0. The summed E-state index contributed by atoms with van der Waals surface area (Å²) in [6.07, 6.45) is -0.108. The summed E-state index contributed by atoms with van der Waals surface area (Å²) in [4.78, 5) is 36.5. The Kier molecular flexibility index (Phi) is 9.39. The van der Waals surface area contributed by atoms with Crippen molar-refractivity contribution in [2.75, 3.05) is 5.32 Å². The summed E-state index contributed by atoms with van der Waals surface area (Å²) in [5.41, 5.74) is 7.59. The fourth-order valence-electron chi connectivity index (χ4n) is 2.84. The minimum Gasteiger partial charge on any atom is -0.326 e. The molecule has 0 bridgehead atoms. The predicted octanol–water partition coefficient (Wildman–Crippen LogP) is 4.76. The molecule has 0 aliphatic rings. The van der Waals surface area contributed by atoms with Gasteiger partial charge in [-0.1, -0.05) is 60.4 Å². The minimum atomic E-state index is -0.457. The lowest BCUT2D eigenvalue weighted by atomic mass is 9.86. The van der Waals surface area contributed by atoms with Crippen LogP contribution in [0.3, 0.4) is 0 Å². The summed E-state index contributed by atoms with van der Waals surface area (Å²) in [6.45, 7) is 8.03. The number of anilines is 1. The molecule has 4 N–H and O–H groups in total. The van der Waals surface area contributed by atoms with Crippen molar-refractivity contribution >= 4 is 68.3 Å². The van der Waals surface area contributed by atoms with Crippen molar-refractivity contribution in [1.82, 2.24) is 16.2 Å². The molecule has 0 fully saturated rings. The van der Waals surface area contributed by atoms with E-state index in [2.05, 4.69) is 58.2 Å².